The molecule has 4 aromatic rings. The summed E-state index contributed by atoms with van der Waals surface area (Å²) in [6.07, 6.45) is 1.93. The third kappa shape index (κ3) is 12.2. The van der Waals surface area contributed by atoms with Crippen LogP contribution in [0.2, 0.25) is 0 Å². The van der Waals surface area contributed by atoms with Gasteiger partial charge in [0, 0.05) is 11.8 Å². The minimum Gasteiger partial charge on any atom is -0.873 e. The van der Waals surface area contributed by atoms with Gasteiger partial charge in [0.25, 0.3) is 0 Å². The van der Waals surface area contributed by atoms with Gasteiger partial charge in [-0.25, -0.2) is 0 Å². The number of hydrogen-bond donors (Lipinski definition) is 0. The predicted octanol–water partition coefficient (Wildman–Crippen LogP) is 15.9. The van der Waals surface area contributed by atoms with Gasteiger partial charge >= 0.3 is 16.5 Å². The molecule has 1 aliphatic rings. The first-order chi connectivity index (χ1) is 28.5. The van der Waals surface area contributed by atoms with E-state index in [-0.39, 0.29) is 38.2 Å². The molecule has 6 nitrogen and oxygen atoms in total. The first-order valence-corrected chi connectivity index (χ1v) is 23.0. The minimum absolute atomic E-state index is 0. The Bertz CT molecular complexity index is 2350. The maximum atomic E-state index is 13.3. The summed E-state index contributed by atoms with van der Waals surface area (Å²) in [7, 11) is 0. The smallest absolute Gasteiger partial charge is 0.873 e. The molecule has 7 heteroatoms. The number of hydrogen-bond acceptors (Lipinski definition) is 6. The van der Waals surface area contributed by atoms with Crippen molar-refractivity contribution in [1.29, 1.82) is 0 Å². The van der Waals surface area contributed by atoms with Crippen molar-refractivity contribution in [1.82, 2.24) is 0 Å². The number of para-hydroxylation sites is 1. The van der Waals surface area contributed by atoms with E-state index in [1.807, 2.05) is 60.7 Å². The average molecular weight is 916 g/mol. The van der Waals surface area contributed by atoms with Gasteiger partial charge in [0.05, 0.1) is 17.1 Å². The second kappa shape index (κ2) is 19.0. The van der Waals surface area contributed by atoms with E-state index >= 15 is 0 Å². The molecule has 0 atom stereocenters. The van der Waals surface area contributed by atoms with Crippen molar-refractivity contribution >= 4 is 23.3 Å². The molecule has 0 aliphatic carbocycles. The van der Waals surface area contributed by atoms with Crippen LogP contribution in [-0.4, -0.2) is 11.9 Å². The fourth-order valence-electron chi connectivity index (χ4n) is 7.97. The van der Waals surface area contributed by atoms with E-state index in [4.69, 9.17) is 19.5 Å². The zero-order chi connectivity index (χ0) is 48.2. The Morgan fingerprint density at radius 1 is 0.531 bits per heavy atom. The number of rotatable bonds is 5. The normalized spacial score (nSPS) is 13.8. The maximum absolute atomic E-state index is 13.3. The topological polar surface area (TPSA) is 89.3 Å². The van der Waals surface area contributed by atoms with E-state index in [0.717, 1.165) is 28.2 Å². The van der Waals surface area contributed by atoms with Gasteiger partial charge in [-0.2, -0.15) is 0 Å². The first-order valence-electron chi connectivity index (χ1n) is 23.0. The molecule has 0 bridgehead atoms. The molecule has 0 saturated heterocycles. The van der Waals surface area contributed by atoms with Crippen LogP contribution in [0.25, 0.3) is 0 Å². The van der Waals surface area contributed by atoms with Crippen LogP contribution in [-0.2, 0) is 49.0 Å². The third-order valence-electron chi connectivity index (χ3n) is 11.7. The molecule has 64 heavy (non-hydrogen) atoms. The molecule has 0 amide bonds. The van der Waals surface area contributed by atoms with E-state index in [9.17, 15) is 10.2 Å². The summed E-state index contributed by atoms with van der Waals surface area (Å²) in [5.74, 6) is 1.84. The quantitative estimate of drug-likeness (QED) is 0.130. The third-order valence-corrected chi connectivity index (χ3v) is 11.7. The molecule has 0 aromatic heterocycles. The van der Waals surface area contributed by atoms with Crippen LogP contribution in [0.15, 0.2) is 58.5 Å². The molecule has 0 spiro atoms. The predicted molar refractivity (Wildman–Crippen MR) is 266 cm³/mol. The van der Waals surface area contributed by atoms with Crippen LogP contribution >= 0.6 is 0 Å². The molecule has 0 saturated carbocycles. The van der Waals surface area contributed by atoms with E-state index < -0.39 is 22.3 Å². The molecule has 0 radical (unpaired) electrons. The Morgan fingerprint density at radius 2 is 0.984 bits per heavy atom. The summed E-state index contributed by atoms with van der Waals surface area (Å²) in [5.41, 5.74) is 9.76. The SMILES string of the molecule is CC(C)(C)c1cc2c(c(C(C)(C)C)c1)Oc1c(c(C(C)(C)C)c([O-])c([O-])c1C(C)(C)C)O2.CC(C=Nc1c(C(C)C)cccc1C(C)C)=Nc1cc(C(C)(C)C)ccc1C(C)(C)C.[Ni+2]. The maximum Gasteiger partial charge on any atom is 2.00 e. The average Bonchev–Trinajstić information content (AvgIpc) is 3.10. The van der Waals surface area contributed by atoms with Crippen LogP contribution in [0.4, 0.5) is 11.4 Å². The van der Waals surface area contributed by atoms with Crippen molar-refractivity contribution in [2.24, 2.45) is 9.98 Å². The molecular formula is C57H80N2NiO4. The van der Waals surface area contributed by atoms with Crippen molar-refractivity contribution in [2.75, 3.05) is 0 Å². The van der Waals surface area contributed by atoms with Gasteiger partial charge in [-0.1, -0.05) is 189 Å². The minimum atomic E-state index is -0.579. The van der Waals surface area contributed by atoms with Gasteiger partial charge in [-0.3, -0.25) is 9.98 Å². The Balaban J connectivity index is 0.000000335. The van der Waals surface area contributed by atoms with Crippen LogP contribution in [0.3, 0.4) is 0 Å². The fourth-order valence-corrected chi connectivity index (χ4v) is 7.97. The largest absolute Gasteiger partial charge is 2.00 e. The van der Waals surface area contributed by atoms with Crippen molar-refractivity contribution in [3.05, 3.63) is 93.0 Å². The number of benzene rings is 4. The summed E-state index contributed by atoms with van der Waals surface area (Å²) in [6, 6.07) is 17.5. The fraction of sp³-hybridized carbons (Fsp3) is 0.544. The summed E-state index contributed by atoms with van der Waals surface area (Å²) >= 11 is 0. The van der Waals surface area contributed by atoms with Crippen molar-refractivity contribution in [3.8, 4) is 34.5 Å². The van der Waals surface area contributed by atoms with Gasteiger partial charge in [0.15, 0.2) is 23.0 Å². The first kappa shape index (κ1) is 54.2. The van der Waals surface area contributed by atoms with Gasteiger partial charge in [0.2, 0.25) is 0 Å². The molecule has 0 fully saturated rings. The van der Waals surface area contributed by atoms with Crippen molar-refractivity contribution in [2.45, 2.75) is 204 Å². The van der Waals surface area contributed by atoms with E-state index in [0.29, 0.717) is 46.0 Å². The molecule has 4 aromatic carbocycles. The zero-order valence-corrected chi connectivity index (χ0v) is 44.7. The summed E-state index contributed by atoms with van der Waals surface area (Å²) < 4.78 is 13.1. The van der Waals surface area contributed by atoms with E-state index in [1.54, 1.807) is 0 Å². The molecular weight excluding hydrogens is 835 g/mol. The Kier molecular flexibility index (Phi) is 16.1. The van der Waals surface area contributed by atoms with E-state index in [2.05, 4.69) is 153 Å². The second-order valence-electron chi connectivity index (χ2n) is 24.5. The van der Waals surface area contributed by atoms with Crippen molar-refractivity contribution < 1.29 is 36.2 Å². The second-order valence-corrected chi connectivity index (χ2v) is 24.5. The summed E-state index contributed by atoms with van der Waals surface area (Å²) in [6.45, 7) is 48.9. The Labute approximate surface area is 398 Å². The van der Waals surface area contributed by atoms with Crippen LogP contribution in [0.5, 0.6) is 34.5 Å². The van der Waals surface area contributed by atoms with Gasteiger partial charge in [-0.15, -0.1) is 11.5 Å². The summed E-state index contributed by atoms with van der Waals surface area (Å²) in [4.78, 5) is 9.98. The number of nitrogens with zero attached hydrogens (tertiary/aromatic N) is 2. The number of aliphatic imine (C=N–C) groups is 2. The van der Waals surface area contributed by atoms with Crippen LogP contribution in [0, 0.1) is 0 Å². The number of ether oxygens (including phenoxy) is 2. The van der Waals surface area contributed by atoms with E-state index in [1.165, 1.54) is 22.3 Å². The molecule has 1 aliphatic heterocycles. The molecule has 0 N–H and O–H groups in total. The van der Waals surface area contributed by atoms with Crippen molar-refractivity contribution in [3.63, 3.8) is 0 Å². The van der Waals surface area contributed by atoms with Gasteiger partial charge in [0.1, 0.15) is 0 Å². The summed E-state index contributed by atoms with van der Waals surface area (Å²) in [5, 5.41) is 26.6. The zero-order valence-electron chi connectivity index (χ0n) is 43.7. The molecule has 1 heterocycles. The van der Waals surface area contributed by atoms with Crippen LogP contribution < -0.4 is 19.7 Å². The molecule has 5 rings (SSSR count). The Morgan fingerprint density at radius 3 is 1.39 bits per heavy atom. The van der Waals surface area contributed by atoms with Gasteiger partial charge < -0.3 is 19.7 Å². The van der Waals surface area contributed by atoms with Gasteiger partial charge in [-0.05, 0) is 102 Å². The monoisotopic (exact) mass is 915 g/mol. The Hall–Kier alpha value is -4.09. The molecule has 352 valence electrons. The molecule has 0 unspecified atom stereocenters. The standard InChI is InChI=1S/C29H42N2.C28H40O4.Ni/c1-19(2)23-13-12-14-24(20(3)4)27(23)30-18-21(5)31-26-17-22(28(6,7)8)15-16-25(26)29(9,10)11;1-25(2,3)15-13-16(26(4,5)6)22-17(14-15)31-23-18(27(7,8)9)20(29)21(30)19(24(23)32-22)28(10,11)12;/h12-20H,1-11H3;13-14,29-30H,1-12H3;/q;;+2/p-2. The number of fused-ring (bicyclic) bond motifs is 2. The van der Waals surface area contributed by atoms with Crippen LogP contribution in [0.1, 0.15) is 216 Å².